The van der Waals surface area contributed by atoms with E-state index in [1.165, 1.54) is 36.8 Å². The Balaban J connectivity index is 1.47. The van der Waals surface area contributed by atoms with Gasteiger partial charge in [-0.3, -0.25) is 4.68 Å². The molecule has 1 aromatic carbocycles. The maximum Gasteiger partial charge on any atom is 0.0938 e. The number of halogens is 1. The molecule has 0 bridgehead atoms. The molecule has 3 rings (SSSR count). The van der Waals surface area contributed by atoms with E-state index in [-0.39, 0.29) is 0 Å². The molecule has 0 radical (unpaired) electrons. The number of aliphatic hydroxyl groups is 1. The maximum atomic E-state index is 10.5. The largest absolute Gasteiger partial charge is 0.387 e. The van der Waals surface area contributed by atoms with Crippen molar-refractivity contribution in [1.82, 2.24) is 15.1 Å². The van der Waals surface area contributed by atoms with Gasteiger partial charge in [0.05, 0.1) is 22.8 Å². The van der Waals surface area contributed by atoms with E-state index < -0.39 is 5.60 Å². The van der Waals surface area contributed by atoms with Crippen molar-refractivity contribution in [1.29, 1.82) is 0 Å². The summed E-state index contributed by atoms with van der Waals surface area (Å²) in [6.45, 7) is 3.60. The third-order valence-electron chi connectivity index (χ3n) is 4.68. The predicted octanol–water partition coefficient (Wildman–Crippen LogP) is 3.53. The highest BCUT2D eigenvalue weighted by Crippen LogP contribution is 2.29. The molecule has 0 saturated heterocycles. The second-order valence-electron chi connectivity index (χ2n) is 7.28. The molecule has 1 aromatic heterocycles. The topological polar surface area (TPSA) is 50.1 Å². The standard InChI is InChI=1S/C19H26BrN3O/c1-19(24,14-23-12-18(20)11-22-23)13-21-10-17-7-3-6-16(9-17)8-15-4-2-5-15/h3,6-7,9,11-12,15,21,24H,2,4-5,8,10,13-14H2,1H3. The Morgan fingerprint density at radius 2 is 2.17 bits per heavy atom. The van der Waals surface area contributed by atoms with Crippen molar-refractivity contribution in [2.24, 2.45) is 5.92 Å². The lowest BCUT2D eigenvalue weighted by Crippen LogP contribution is -2.41. The van der Waals surface area contributed by atoms with Gasteiger partial charge in [0.1, 0.15) is 0 Å². The van der Waals surface area contributed by atoms with Crippen molar-refractivity contribution >= 4 is 15.9 Å². The zero-order valence-electron chi connectivity index (χ0n) is 14.2. The first-order valence-corrected chi connectivity index (χ1v) is 9.48. The van der Waals surface area contributed by atoms with Crippen LogP contribution in [0.5, 0.6) is 0 Å². The van der Waals surface area contributed by atoms with E-state index in [1.807, 2.05) is 13.1 Å². The molecule has 1 aliphatic rings. The quantitative estimate of drug-likeness (QED) is 0.723. The van der Waals surface area contributed by atoms with E-state index in [0.717, 1.165) is 16.9 Å². The number of hydrogen-bond donors (Lipinski definition) is 2. The molecule has 130 valence electrons. The molecule has 2 N–H and O–H groups in total. The molecule has 0 amide bonds. The summed E-state index contributed by atoms with van der Waals surface area (Å²) < 4.78 is 2.68. The molecule has 1 aliphatic carbocycles. The third kappa shape index (κ3) is 5.16. The van der Waals surface area contributed by atoms with Gasteiger partial charge < -0.3 is 10.4 Å². The summed E-state index contributed by atoms with van der Waals surface area (Å²) >= 11 is 3.38. The van der Waals surface area contributed by atoms with Gasteiger partial charge >= 0.3 is 0 Å². The van der Waals surface area contributed by atoms with Crippen molar-refractivity contribution in [2.45, 2.75) is 51.3 Å². The average Bonchev–Trinajstić information content (AvgIpc) is 2.87. The van der Waals surface area contributed by atoms with Crippen LogP contribution in [-0.2, 0) is 19.5 Å². The maximum absolute atomic E-state index is 10.5. The van der Waals surface area contributed by atoms with Crippen LogP contribution in [0.25, 0.3) is 0 Å². The van der Waals surface area contributed by atoms with Gasteiger partial charge in [0.15, 0.2) is 0 Å². The minimum atomic E-state index is -0.838. The minimum absolute atomic E-state index is 0.466. The minimum Gasteiger partial charge on any atom is -0.387 e. The molecule has 1 fully saturated rings. The van der Waals surface area contributed by atoms with Crippen molar-refractivity contribution in [3.8, 4) is 0 Å². The summed E-state index contributed by atoms with van der Waals surface area (Å²) in [5.41, 5.74) is 1.88. The number of hydrogen-bond acceptors (Lipinski definition) is 3. The molecule has 1 heterocycles. The molecule has 1 atom stereocenters. The molecular formula is C19H26BrN3O. The van der Waals surface area contributed by atoms with Crippen LogP contribution in [0.1, 0.15) is 37.3 Å². The van der Waals surface area contributed by atoms with Crippen LogP contribution in [-0.4, -0.2) is 27.0 Å². The van der Waals surface area contributed by atoms with E-state index >= 15 is 0 Å². The highest BCUT2D eigenvalue weighted by Gasteiger charge is 2.21. The zero-order chi connectivity index (χ0) is 17.0. The molecular weight excluding hydrogens is 366 g/mol. The normalized spacial score (nSPS) is 17.5. The Labute approximate surface area is 152 Å². The van der Waals surface area contributed by atoms with Crippen LogP contribution in [0.3, 0.4) is 0 Å². The van der Waals surface area contributed by atoms with Gasteiger partial charge in [-0.25, -0.2) is 0 Å². The number of nitrogens with zero attached hydrogens (tertiary/aromatic N) is 2. The van der Waals surface area contributed by atoms with Crippen molar-refractivity contribution in [2.75, 3.05) is 6.54 Å². The zero-order valence-corrected chi connectivity index (χ0v) is 15.8. The van der Waals surface area contributed by atoms with Gasteiger partial charge in [-0.2, -0.15) is 5.10 Å². The summed E-state index contributed by atoms with van der Waals surface area (Å²) in [5.74, 6) is 0.891. The van der Waals surface area contributed by atoms with E-state index in [1.54, 1.807) is 10.9 Å². The van der Waals surface area contributed by atoms with Crippen molar-refractivity contribution in [3.05, 3.63) is 52.3 Å². The second kappa shape index (κ2) is 7.81. The van der Waals surface area contributed by atoms with Crippen LogP contribution in [0.4, 0.5) is 0 Å². The van der Waals surface area contributed by atoms with Gasteiger partial charge in [0.25, 0.3) is 0 Å². The lowest BCUT2D eigenvalue weighted by molar-refractivity contribution is 0.0381. The molecule has 1 unspecified atom stereocenters. The highest BCUT2D eigenvalue weighted by atomic mass is 79.9. The SMILES string of the molecule is CC(O)(CNCc1cccc(CC2CCC2)c1)Cn1cc(Br)cn1. The van der Waals surface area contributed by atoms with Crippen LogP contribution in [0, 0.1) is 5.92 Å². The smallest absolute Gasteiger partial charge is 0.0938 e. The number of aromatic nitrogens is 2. The van der Waals surface area contributed by atoms with Crippen LogP contribution in [0.15, 0.2) is 41.1 Å². The van der Waals surface area contributed by atoms with Crippen molar-refractivity contribution in [3.63, 3.8) is 0 Å². The highest BCUT2D eigenvalue weighted by molar-refractivity contribution is 9.10. The second-order valence-corrected chi connectivity index (χ2v) is 8.19. The van der Waals surface area contributed by atoms with Gasteiger partial charge in [-0.05, 0) is 46.3 Å². The molecule has 2 aromatic rings. The van der Waals surface area contributed by atoms with E-state index in [2.05, 4.69) is 50.6 Å². The first-order valence-electron chi connectivity index (χ1n) is 8.69. The summed E-state index contributed by atoms with van der Waals surface area (Å²) in [5, 5.41) is 18.1. The number of benzene rings is 1. The van der Waals surface area contributed by atoms with Gasteiger partial charge in [-0.1, -0.05) is 43.5 Å². The van der Waals surface area contributed by atoms with Crippen LogP contribution >= 0.6 is 15.9 Å². The molecule has 0 aliphatic heterocycles. The summed E-state index contributed by atoms with van der Waals surface area (Å²) in [7, 11) is 0. The van der Waals surface area contributed by atoms with E-state index in [4.69, 9.17) is 0 Å². The lowest BCUT2D eigenvalue weighted by atomic mass is 9.81. The molecule has 1 saturated carbocycles. The molecule has 4 nitrogen and oxygen atoms in total. The molecule has 24 heavy (non-hydrogen) atoms. The predicted molar refractivity (Wildman–Crippen MR) is 99.7 cm³/mol. The Bertz CT molecular complexity index is 664. The van der Waals surface area contributed by atoms with Gasteiger partial charge in [0, 0.05) is 19.3 Å². The van der Waals surface area contributed by atoms with Crippen LogP contribution < -0.4 is 5.32 Å². The Kier molecular flexibility index (Phi) is 5.74. The first-order chi connectivity index (χ1) is 11.5. The van der Waals surface area contributed by atoms with Crippen molar-refractivity contribution < 1.29 is 5.11 Å². The third-order valence-corrected chi connectivity index (χ3v) is 5.09. The van der Waals surface area contributed by atoms with E-state index in [9.17, 15) is 5.11 Å². The van der Waals surface area contributed by atoms with Crippen LogP contribution in [0.2, 0.25) is 0 Å². The number of nitrogens with one attached hydrogen (secondary N) is 1. The average molecular weight is 392 g/mol. The fourth-order valence-corrected chi connectivity index (χ4v) is 3.53. The van der Waals surface area contributed by atoms with Gasteiger partial charge in [0.2, 0.25) is 0 Å². The fourth-order valence-electron chi connectivity index (χ4n) is 3.20. The molecule has 0 spiro atoms. The Morgan fingerprint density at radius 1 is 1.38 bits per heavy atom. The Morgan fingerprint density at radius 3 is 2.83 bits per heavy atom. The summed E-state index contributed by atoms with van der Waals surface area (Å²) in [4.78, 5) is 0. The fraction of sp³-hybridized carbons (Fsp3) is 0.526. The Hall–Kier alpha value is -1.17. The monoisotopic (exact) mass is 391 g/mol. The number of rotatable bonds is 8. The van der Waals surface area contributed by atoms with Gasteiger partial charge in [-0.15, -0.1) is 0 Å². The summed E-state index contributed by atoms with van der Waals surface area (Å²) in [6.07, 6.45) is 8.98. The lowest BCUT2D eigenvalue weighted by Gasteiger charge is -2.25. The first kappa shape index (κ1) is 17.6. The summed E-state index contributed by atoms with van der Waals surface area (Å²) in [6, 6.07) is 8.82. The van der Waals surface area contributed by atoms with E-state index in [0.29, 0.717) is 13.1 Å². The molecule has 5 heteroatoms.